The number of aromatic amines is 2. The van der Waals surface area contributed by atoms with E-state index in [9.17, 15) is 9.59 Å². The van der Waals surface area contributed by atoms with Crippen LogP contribution in [-0.2, 0) is 13.0 Å². The number of carbonyl (C=O) groups is 1. The van der Waals surface area contributed by atoms with Crippen molar-refractivity contribution in [2.45, 2.75) is 32.2 Å². The number of pyridine rings is 1. The van der Waals surface area contributed by atoms with Gasteiger partial charge in [0.15, 0.2) is 0 Å². The van der Waals surface area contributed by atoms with E-state index in [1.54, 1.807) is 6.20 Å². The minimum Gasteiger partial charge on any atom is -0.384 e. The van der Waals surface area contributed by atoms with Crippen LogP contribution in [-0.4, -0.2) is 63.4 Å². The van der Waals surface area contributed by atoms with E-state index in [0.29, 0.717) is 30.0 Å². The number of H-pyrrole nitrogens is 2. The van der Waals surface area contributed by atoms with Gasteiger partial charge in [0.05, 0.1) is 16.7 Å². The Balaban J connectivity index is 1.19. The molecular weight excluding hydrogens is 464 g/mol. The van der Waals surface area contributed by atoms with Gasteiger partial charge in [-0.2, -0.15) is 0 Å². The summed E-state index contributed by atoms with van der Waals surface area (Å²) in [4.78, 5) is 41.2. The van der Waals surface area contributed by atoms with E-state index in [1.165, 1.54) is 31.5 Å². The number of rotatable bonds is 9. The highest BCUT2D eigenvalue weighted by molar-refractivity contribution is 6.02. The van der Waals surface area contributed by atoms with Crippen molar-refractivity contribution in [2.24, 2.45) is 0 Å². The smallest absolute Gasteiger partial charge is 0.261 e. The minimum absolute atomic E-state index is 0.0729. The van der Waals surface area contributed by atoms with Crippen molar-refractivity contribution in [1.29, 1.82) is 0 Å². The second-order valence-corrected chi connectivity index (χ2v) is 10.00. The first kappa shape index (κ1) is 23.5. The summed E-state index contributed by atoms with van der Waals surface area (Å²) in [6.45, 7) is 5.50. The molecule has 2 aromatic carbocycles. The van der Waals surface area contributed by atoms with Crippen LogP contribution in [0.1, 0.15) is 40.7 Å². The minimum atomic E-state index is -0.212. The molecule has 6 rings (SSSR count). The molecule has 0 saturated carbocycles. The molecule has 0 atom stereocenters. The quantitative estimate of drug-likeness (QED) is 0.325. The van der Waals surface area contributed by atoms with Gasteiger partial charge in [0, 0.05) is 31.4 Å². The number of imidazole rings is 1. The maximum atomic E-state index is 13.1. The SMILES string of the molecule is O=C1c2cc3nc(-c4c(NCCc5ccccc5)cc[nH]c4=O)[nH]c3cc2CN1CCCN1CCCC1. The Morgan fingerprint density at radius 2 is 1.84 bits per heavy atom. The second kappa shape index (κ2) is 10.2. The normalized spacial score (nSPS) is 15.6. The van der Waals surface area contributed by atoms with Gasteiger partial charge in [-0.1, -0.05) is 30.3 Å². The van der Waals surface area contributed by atoms with Crippen LogP contribution in [0.5, 0.6) is 0 Å². The fourth-order valence-corrected chi connectivity index (χ4v) is 5.52. The molecule has 2 aromatic heterocycles. The molecule has 0 radical (unpaired) electrons. The first-order valence-electron chi connectivity index (χ1n) is 13.2. The molecule has 3 N–H and O–H groups in total. The monoisotopic (exact) mass is 496 g/mol. The topological polar surface area (TPSA) is 97.1 Å². The number of nitrogens with zero attached hydrogens (tertiary/aromatic N) is 3. The average Bonchev–Trinajstić information content (AvgIpc) is 3.63. The Hall–Kier alpha value is -3.91. The molecule has 8 nitrogen and oxygen atoms in total. The second-order valence-electron chi connectivity index (χ2n) is 10.00. The number of amides is 1. The molecule has 1 amide bonds. The molecule has 0 bridgehead atoms. The van der Waals surface area contributed by atoms with Gasteiger partial charge in [-0.25, -0.2) is 4.98 Å². The summed E-state index contributed by atoms with van der Waals surface area (Å²) in [6.07, 6.45) is 6.06. The molecule has 1 fully saturated rings. The van der Waals surface area contributed by atoms with E-state index in [2.05, 4.69) is 32.3 Å². The van der Waals surface area contributed by atoms with Gasteiger partial charge in [0.2, 0.25) is 0 Å². The molecule has 2 aliphatic heterocycles. The molecule has 37 heavy (non-hydrogen) atoms. The number of benzene rings is 2. The average molecular weight is 497 g/mol. The maximum absolute atomic E-state index is 13.1. The van der Waals surface area contributed by atoms with E-state index >= 15 is 0 Å². The van der Waals surface area contributed by atoms with Crippen molar-refractivity contribution >= 4 is 22.6 Å². The van der Waals surface area contributed by atoms with Crippen LogP contribution >= 0.6 is 0 Å². The van der Waals surface area contributed by atoms with E-state index in [1.807, 2.05) is 41.3 Å². The number of hydrogen-bond donors (Lipinski definition) is 3. The molecule has 0 aliphatic carbocycles. The third kappa shape index (κ3) is 4.89. The third-order valence-corrected chi connectivity index (χ3v) is 7.46. The Morgan fingerprint density at radius 3 is 2.68 bits per heavy atom. The number of fused-ring (bicyclic) bond motifs is 2. The molecule has 0 spiro atoms. The summed E-state index contributed by atoms with van der Waals surface area (Å²) in [5.41, 5.74) is 5.48. The summed E-state index contributed by atoms with van der Waals surface area (Å²) >= 11 is 0. The van der Waals surface area contributed by atoms with Crippen LogP contribution in [0.25, 0.3) is 22.4 Å². The summed E-state index contributed by atoms with van der Waals surface area (Å²) < 4.78 is 0. The van der Waals surface area contributed by atoms with Gasteiger partial charge >= 0.3 is 0 Å². The molecule has 4 heterocycles. The number of nitrogens with one attached hydrogen (secondary N) is 3. The third-order valence-electron chi connectivity index (χ3n) is 7.46. The standard InChI is InChI=1S/C29H32N6O2/c36-28-26(23(10-12-31-28)30-11-9-20-7-2-1-3-8-20)27-32-24-17-21-19-35(16-6-15-34-13-4-5-14-34)29(37)22(21)18-25(24)33-27/h1-3,7-8,10,12,17-18H,4-6,9,11,13-16,19H2,(H,32,33)(H2,30,31,36). The summed E-state index contributed by atoms with van der Waals surface area (Å²) in [5, 5.41) is 3.40. The van der Waals surface area contributed by atoms with Crippen LogP contribution < -0.4 is 10.9 Å². The summed E-state index contributed by atoms with van der Waals surface area (Å²) in [5.74, 6) is 0.571. The molecule has 1 saturated heterocycles. The van der Waals surface area contributed by atoms with Gasteiger partial charge < -0.3 is 25.1 Å². The number of carbonyl (C=O) groups excluding carboxylic acids is 1. The number of hydrogen-bond acceptors (Lipinski definition) is 5. The molecular formula is C29H32N6O2. The summed E-state index contributed by atoms with van der Waals surface area (Å²) in [7, 11) is 0. The van der Waals surface area contributed by atoms with E-state index in [0.717, 1.165) is 48.3 Å². The van der Waals surface area contributed by atoms with Crippen molar-refractivity contribution in [3.8, 4) is 11.4 Å². The Kier molecular flexibility index (Phi) is 6.49. The van der Waals surface area contributed by atoms with Gasteiger partial charge in [0.25, 0.3) is 11.5 Å². The van der Waals surface area contributed by atoms with Gasteiger partial charge in [-0.15, -0.1) is 0 Å². The zero-order valence-electron chi connectivity index (χ0n) is 20.9. The van der Waals surface area contributed by atoms with Crippen LogP contribution in [0.3, 0.4) is 0 Å². The zero-order valence-corrected chi connectivity index (χ0v) is 20.9. The lowest BCUT2D eigenvalue weighted by Gasteiger charge is -2.19. The fourth-order valence-electron chi connectivity index (χ4n) is 5.52. The molecule has 4 aromatic rings. The largest absolute Gasteiger partial charge is 0.384 e. The number of aromatic nitrogens is 3. The van der Waals surface area contributed by atoms with Crippen LogP contribution in [0.4, 0.5) is 5.69 Å². The Bertz CT molecular complexity index is 1470. The highest BCUT2D eigenvalue weighted by atomic mass is 16.2. The van der Waals surface area contributed by atoms with Crippen molar-refractivity contribution < 1.29 is 4.79 Å². The highest BCUT2D eigenvalue weighted by Crippen LogP contribution is 2.30. The molecule has 0 unspecified atom stereocenters. The number of anilines is 1. The van der Waals surface area contributed by atoms with Crippen molar-refractivity contribution in [2.75, 3.05) is 38.0 Å². The first-order chi connectivity index (χ1) is 18.2. The molecule has 2 aliphatic rings. The van der Waals surface area contributed by atoms with E-state index in [-0.39, 0.29) is 11.5 Å². The van der Waals surface area contributed by atoms with E-state index < -0.39 is 0 Å². The van der Waals surface area contributed by atoms with Crippen molar-refractivity contribution in [3.63, 3.8) is 0 Å². The van der Waals surface area contributed by atoms with Gasteiger partial charge in [-0.05, 0) is 74.6 Å². The Morgan fingerprint density at radius 1 is 1.00 bits per heavy atom. The first-order valence-corrected chi connectivity index (χ1v) is 13.2. The highest BCUT2D eigenvalue weighted by Gasteiger charge is 2.28. The predicted octanol–water partition coefficient (Wildman–Crippen LogP) is 4.01. The van der Waals surface area contributed by atoms with Gasteiger partial charge in [0.1, 0.15) is 11.4 Å². The maximum Gasteiger partial charge on any atom is 0.261 e. The Labute approximate surface area is 215 Å². The zero-order chi connectivity index (χ0) is 25.2. The fraction of sp³-hybridized carbons (Fsp3) is 0.345. The van der Waals surface area contributed by atoms with Crippen LogP contribution in [0.15, 0.2) is 59.5 Å². The lowest BCUT2D eigenvalue weighted by atomic mass is 10.1. The lowest BCUT2D eigenvalue weighted by molar-refractivity contribution is 0.0772. The predicted molar refractivity (Wildman–Crippen MR) is 146 cm³/mol. The van der Waals surface area contributed by atoms with Gasteiger partial charge in [-0.3, -0.25) is 9.59 Å². The lowest BCUT2D eigenvalue weighted by Crippen LogP contribution is -2.29. The number of likely N-dealkylation sites (tertiary alicyclic amines) is 1. The molecule has 8 heteroatoms. The molecule has 190 valence electrons. The van der Waals surface area contributed by atoms with Crippen molar-refractivity contribution in [1.82, 2.24) is 24.8 Å². The van der Waals surface area contributed by atoms with E-state index in [4.69, 9.17) is 4.98 Å². The van der Waals surface area contributed by atoms with Crippen molar-refractivity contribution in [3.05, 3.63) is 81.8 Å². The van der Waals surface area contributed by atoms with Crippen LogP contribution in [0.2, 0.25) is 0 Å². The summed E-state index contributed by atoms with van der Waals surface area (Å²) in [6, 6.07) is 16.0. The van der Waals surface area contributed by atoms with Crippen LogP contribution in [0, 0.1) is 0 Å².